The molecule has 0 aromatic heterocycles. The molecule has 0 aromatic carbocycles. The van der Waals surface area contributed by atoms with Crippen LogP contribution in [0, 0.1) is 0 Å². The minimum atomic E-state index is -4.99. The molecule has 0 saturated carbocycles. The third-order valence-electron chi connectivity index (χ3n) is 2.70. The highest BCUT2D eigenvalue weighted by Gasteiger charge is 2.52. The Morgan fingerprint density at radius 3 is 1.00 bits per heavy atom. The summed E-state index contributed by atoms with van der Waals surface area (Å²) in [6, 6.07) is -4.99. The molecule has 0 fully saturated rings. The van der Waals surface area contributed by atoms with Crippen molar-refractivity contribution in [3.8, 4) is 0 Å². The molecule has 2 N–H and O–H groups in total. The number of halogens is 11. The van der Waals surface area contributed by atoms with Gasteiger partial charge in [-0.1, -0.05) is 0 Å². The Bertz CT molecular complexity index is 352. The highest BCUT2D eigenvalue weighted by Crippen LogP contribution is 2.30. The van der Waals surface area contributed by atoms with Crippen LogP contribution in [0.5, 0.6) is 0 Å². The molecule has 0 aromatic rings. The van der Waals surface area contributed by atoms with E-state index >= 15 is 0 Å². The fraction of sp³-hybridized carbons (Fsp3) is 1.00. The summed E-state index contributed by atoms with van der Waals surface area (Å²) in [6.45, 7) is 0. The summed E-state index contributed by atoms with van der Waals surface area (Å²) in [5.74, 6) is 0. The lowest BCUT2D eigenvalue weighted by Gasteiger charge is -2.27. The van der Waals surface area contributed by atoms with Crippen molar-refractivity contribution in [3.05, 3.63) is 0 Å². The lowest BCUT2D eigenvalue weighted by atomic mass is 9.97. The Morgan fingerprint density at radius 1 is 0.478 bits per heavy atom. The summed E-state index contributed by atoms with van der Waals surface area (Å²) in [5.41, 5.74) is 0. The van der Waals surface area contributed by atoms with E-state index in [0.29, 0.717) is 0 Å². The van der Waals surface area contributed by atoms with Gasteiger partial charge in [0.1, 0.15) is 0 Å². The summed E-state index contributed by atoms with van der Waals surface area (Å²) in [4.78, 5) is 0. The summed E-state index contributed by atoms with van der Waals surface area (Å²) in [7, 11) is 0. The first-order chi connectivity index (χ1) is 10.2. The molecule has 0 bridgehead atoms. The fourth-order valence-electron chi connectivity index (χ4n) is 1.38. The van der Waals surface area contributed by atoms with Gasteiger partial charge in [-0.05, 0) is 0 Å². The van der Waals surface area contributed by atoms with Gasteiger partial charge in [0.05, 0.1) is 0 Å². The minimum Gasteiger partial charge on any atom is -0.338 e. The molecule has 0 aliphatic heterocycles. The Morgan fingerprint density at radius 2 is 0.739 bits per heavy atom. The molecular formula is C10H11F11O2. The fourth-order valence-corrected chi connectivity index (χ4v) is 1.38. The molecule has 0 rings (SSSR count). The van der Waals surface area contributed by atoms with E-state index in [9.17, 15) is 48.3 Å². The van der Waals surface area contributed by atoms with Crippen LogP contribution in [0.4, 0.5) is 48.3 Å². The summed E-state index contributed by atoms with van der Waals surface area (Å²) in [5, 5.41) is 16.0. The van der Waals surface area contributed by atoms with Gasteiger partial charge in [0, 0.05) is 0 Å². The van der Waals surface area contributed by atoms with E-state index in [1.54, 1.807) is 0 Å². The summed E-state index contributed by atoms with van der Waals surface area (Å²) >= 11 is 0. The van der Waals surface area contributed by atoms with Crippen molar-refractivity contribution in [1.82, 2.24) is 0 Å². The van der Waals surface area contributed by atoms with Crippen molar-refractivity contribution in [3.63, 3.8) is 0 Å². The molecule has 0 heterocycles. The zero-order valence-electron chi connectivity index (χ0n) is 10.7. The molecule has 0 radical (unpaired) electrons. The quantitative estimate of drug-likeness (QED) is 0.483. The zero-order chi connectivity index (χ0) is 18.7. The maximum atomic E-state index is 13.1. The lowest BCUT2D eigenvalue weighted by molar-refractivity contribution is -0.306. The predicted octanol–water partition coefficient (Wildman–Crippen LogP) is 2.56. The monoisotopic (exact) mass is 372 g/mol. The number of aliphatic hydroxyl groups is 2. The first kappa shape index (κ1) is 22.1. The van der Waals surface area contributed by atoms with Gasteiger partial charge in [0.15, 0.2) is 43.2 Å². The smallest absolute Gasteiger partial charge is 0.338 e. The second kappa shape index (κ2) is 8.31. The molecule has 2 nitrogen and oxygen atoms in total. The van der Waals surface area contributed by atoms with E-state index < -0.39 is 61.8 Å². The van der Waals surface area contributed by atoms with Crippen molar-refractivity contribution >= 4 is 0 Å². The van der Waals surface area contributed by atoms with Crippen LogP contribution in [0.15, 0.2) is 0 Å². The Hall–Kier alpha value is -0.850. The average molecular weight is 372 g/mol. The molecule has 140 valence electrons. The Kier molecular flexibility index (Phi) is 8.00. The minimum absolute atomic E-state index is 3.91. The normalized spacial score (nSPS) is 23.7. The topological polar surface area (TPSA) is 40.5 Å². The van der Waals surface area contributed by atoms with Crippen molar-refractivity contribution in [2.45, 2.75) is 61.8 Å². The molecule has 8 unspecified atom stereocenters. The predicted molar refractivity (Wildman–Crippen MR) is 53.4 cm³/mol. The van der Waals surface area contributed by atoms with Crippen molar-refractivity contribution in [1.29, 1.82) is 0 Å². The Labute approximate surface area is 121 Å². The van der Waals surface area contributed by atoms with Gasteiger partial charge in [-0.3, -0.25) is 0 Å². The molecule has 0 aliphatic carbocycles. The maximum absolute atomic E-state index is 13.1. The molecule has 8 atom stereocenters. The maximum Gasteiger partial charge on any atom is 0.350 e. The number of hydrogen-bond acceptors (Lipinski definition) is 2. The van der Waals surface area contributed by atoms with Crippen LogP contribution in [0.2, 0.25) is 0 Å². The Balaban J connectivity index is 4.96. The second-order valence-electron chi connectivity index (χ2n) is 4.48. The SMILES string of the molecule is OC(O)(F)C(F)C(F)C(F)C(F)C(F)C(F)C(F)C(F)C(F)F. The first-order valence-electron chi connectivity index (χ1n) is 5.77. The van der Waals surface area contributed by atoms with Crippen LogP contribution in [0.1, 0.15) is 0 Å². The van der Waals surface area contributed by atoms with Crippen molar-refractivity contribution in [2.24, 2.45) is 0 Å². The van der Waals surface area contributed by atoms with Crippen molar-refractivity contribution < 1.29 is 58.5 Å². The van der Waals surface area contributed by atoms with E-state index in [1.807, 2.05) is 0 Å². The molecule has 0 amide bonds. The molecular weight excluding hydrogens is 361 g/mol. The largest absolute Gasteiger partial charge is 0.350 e. The van der Waals surface area contributed by atoms with Crippen LogP contribution < -0.4 is 0 Å². The van der Waals surface area contributed by atoms with Crippen LogP contribution in [-0.4, -0.2) is 72.1 Å². The first-order valence-corrected chi connectivity index (χ1v) is 5.77. The summed E-state index contributed by atoms with van der Waals surface area (Å²) < 4.78 is 139. The molecule has 13 heteroatoms. The van der Waals surface area contributed by atoms with Gasteiger partial charge in [-0.2, -0.15) is 4.39 Å². The van der Waals surface area contributed by atoms with E-state index in [2.05, 4.69) is 0 Å². The molecule has 0 saturated heterocycles. The number of alkyl halides is 11. The average Bonchev–Trinajstić information content (AvgIpc) is 2.47. The van der Waals surface area contributed by atoms with Gasteiger partial charge in [-0.25, -0.2) is 43.9 Å². The number of rotatable bonds is 9. The van der Waals surface area contributed by atoms with E-state index in [1.165, 1.54) is 0 Å². The van der Waals surface area contributed by atoms with Crippen LogP contribution in [0.25, 0.3) is 0 Å². The molecule has 0 spiro atoms. The van der Waals surface area contributed by atoms with Gasteiger partial charge in [0.25, 0.3) is 6.43 Å². The highest BCUT2D eigenvalue weighted by molar-refractivity contribution is 4.94. The zero-order valence-corrected chi connectivity index (χ0v) is 10.7. The number of hydrogen-bond donors (Lipinski definition) is 2. The van der Waals surface area contributed by atoms with Gasteiger partial charge in [-0.15, -0.1) is 0 Å². The highest BCUT2D eigenvalue weighted by atomic mass is 19.3. The lowest BCUT2D eigenvalue weighted by Crippen LogP contribution is -2.51. The van der Waals surface area contributed by atoms with Gasteiger partial charge >= 0.3 is 6.04 Å². The van der Waals surface area contributed by atoms with Crippen LogP contribution in [0.3, 0.4) is 0 Å². The third kappa shape index (κ3) is 5.62. The summed E-state index contributed by atoms with van der Waals surface area (Å²) in [6.07, 6.45) is -36.5. The standard InChI is InChI=1S/C10H11F11O2/c11-1(3(13)5(15)7(17)9(19)20)2(12)4(14)6(16)8(18)10(21,22)23/h1-9,22-23H. The molecule has 0 aliphatic rings. The van der Waals surface area contributed by atoms with Crippen molar-refractivity contribution in [2.75, 3.05) is 0 Å². The second-order valence-corrected chi connectivity index (χ2v) is 4.48. The molecule has 23 heavy (non-hydrogen) atoms. The van der Waals surface area contributed by atoms with Gasteiger partial charge in [0.2, 0.25) is 6.17 Å². The van der Waals surface area contributed by atoms with Gasteiger partial charge < -0.3 is 10.2 Å². The van der Waals surface area contributed by atoms with Crippen LogP contribution in [-0.2, 0) is 0 Å². The third-order valence-corrected chi connectivity index (χ3v) is 2.70. The van der Waals surface area contributed by atoms with E-state index in [4.69, 9.17) is 10.2 Å². The van der Waals surface area contributed by atoms with Crippen LogP contribution >= 0.6 is 0 Å². The van der Waals surface area contributed by atoms with E-state index in [0.717, 1.165) is 0 Å². The van der Waals surface area contributed by atoms with E-state index in [-0.39, 0.29) is 0 Å².